The minimum Gasteiger partial charge on any atom is -0.379 e. The zero-order valence-corrected chi connectivity index (χ0v) is 18.9. The first-order chi connectivity index (χ1) is 15.0. The van der Waals surface area contributed by atoms with E-state index in [1.54, 1.807) is 23.5 Å². The van der Waals surface area contributed by atoms with Crippen molar-refractivity contribution in [3.63, 3.8) is 0 Å². The van der Waals surface area contributed by atoms with Crippen LogP contribution in [0.2, 0.25) is 0 Å². The van der Waals surface area contributed by atoms with E-state index in [1.807, 2.05) is 0 Å². The van der Waals surface area contributed by atoms with Gasteiger partial charge in [-0.3, -0.25) is 15.0 Å². The molecule has 1 unspecified atom stereocenters. The number of non-ortho nitro benzene ring substituents is 1. The predicted molar refractivity (Wildman–Crippen MR) is 125 cm³/mol. The Hall–Kier alpha value is -2.49. The van der Waals surface area contributed by atoms with Crippen molar-refractivity contribution in [2.24, 2.45) is 10.9 Å². The van der Waals surface area contributed by atoms with Gasteiger partial charge in [0.1, 0.15) is 0 Å². The topological polar surface area (TPSA) is 92.0 Å². The molecule has 0 bridgehead atoms. The highest BCUT2D eigenvalue weighted by molar-refractivity contribution is 7.10. The van der Waals surface area contributed by atoms with Gasteiger partial charge in [-0.25, -0.2) is 4.99 Å². The van der Waals surface area contributed by atoms with Gasteiger partial charge in [-0.15, -0.1) is 11.3 Å². The largest absolute Gasteiger partial charge is 0.379 e. The molecule has 0 saturated carbocycles. The Balaban J connectivity index is 1.68. The van der Waals surface area contributed by atoms with Gasteiger partial charge in [0, 0.05) is 43.2 Å². The van der Waals surface area contributed by atoms with Crippen LogP contribution in [0.1, 0.15) is 30.3 Å². The molecule has 1 fully saturated rings. The maximum Gasteiger partial charge on any atom is 0.269 e. The molecule has 31 heavy (non-hydrogen) atoms. The molecule has 8 nitrogen and oxygen atoms in total. The van der Waals surface area contributed by atoms with Crippen molar-refractivity contribution in [1.29, 1.82) is 0 Å². The Kier molecular flexibility index (Phi) is 8.81. The molecule has 1 saturated heterocycles. The summed E-state index contributed by atoms with van der Waals surface area (Å²) in [7, 11) is 0. The molecule has 0 radical (unpaired) electrons. The van der Waals surface area contributed by atoms with Crippen LogP contribution in [0.5, 0.6) is 0 Å². The van der Waals surface area contributed by atoms with Gasteiger partial charge in [-0.2, -0.15) is 0 Å². The van der Waals surface area contributed by atoms with Crippen LogP contribution in [-0.2, 0) is 11.3 Å². The lowest BCUT2D eigenvalue weighted by Gasteiger charge is -2.34. The second-order valence-corrected chi connectivity index (χ2v) is 8.90. The summed E-state index contributed by atoms with van der Waals surface area (Å²) in [5.74, 6) is 1.24. The first-order valence-corrected chi connectivity index (χ1v) is 11.5. The van der Waals surface area contributed by atoms with Crippen molar-refractivity contribution >= 4 is 23.0 Å². The fraction of sp³-hybridized carbons (Fsp3) is 0.500. The molecule has 0 amide bonds. The second kappa shape index (κ2) is 11.8. The number of nitro groups is 1. The molecule has 0 spiro atoms. The smallest absolute Gasteiger partial charge is 0.269 e. The van der Waals surface area contributed by atoms with Crippen molar-refractivity contribution in [3.05, 3.63) is 62.3 Å². The normalized spacial score (nSPS) is 16.3. The van der Waals surface area contributed by atoms with E-state index in [-0.39, 0.29) is 16.7 Å². The Bertz CT molecular complexity index is 833. The molecule has 1 aromatic carbocycles. The second-order valence-electron chi connectivity index (χ2n) is 7.92. The molecular formula is C22H31N5O3S. The molecule has 1 aliphatic rings. The maximum atomic E-state index is 10.9. The third kappa shape index (κ3) is 7.30. The molecule has 9 heteroatoms. The van der Waals surface area contributed by atoms with Gasteiger partial charge in [0.15, 0.2) is 5.96 Å². The number of hydrogen-bond acceptors (Lipinski definition) is 6. The predicted octanol–water partition coefficient (Wildman–Crippen LogP) is 3.42. The zero-order valence-electron chi connectivity index (χ0n) is 18.1. The van der Waals surface area contributed by atoms with Crippen LogP contribution in [-0.4, -0.2) is 55.2 Å². The summed E-state index contributed by atoms with van der Waals surface area (Å²) in [4.78, 5) is 19.0. The van der Waals surface area contributed by atoms with Gasteiger partial charge in [0.25, 0.3) is 5.69 Å². The molecule has 2 N–H and O–H groups in total. The van der Waals surface area contributed by atoms with Crippen LogP contribution in [0.25, 0.3) is 0 Å². The third-order valence-electron chi connectivity index (χ3n) is 5.07. The average Bonchev–Trinajstić information content (AvgIpc) is 3.30. The number of nitrogens with zero attached hydrogens (tertiary/aromatic N) is 3. The van der Waals surface area contributed by atoms with Gasteiger partial charge in [0.05, 0.1) is 30.7 Å². The van der Waals surface area contributed by atoms with Crippen molar-refractivity contribution < 1.29 is 9.66 Å². The number of aliphatic imine (C=N–C) groups is 1. The standard InChI is InChI=1S/C22H31N5O3S/c1-17(2)14-23-22(24-15-18-5-7-19(8-6-18)27(28)29)25-16-20(21-4-3-13-31-21)26-9-11-30-12-10-26/h3-8,13,17,20H,9-12,14-16H2,1-2H3,(H2,23,24,25). The third-order valence-corrected chi connectivity index (χ3v) is 6.04. The summed E-state index contributed by atoms with van der Waals surface area (Å²) < 4.78 is 5.53. The average molecular weight is 446 g/mol. The number of rotatable bonds is 9. The molecule has 2 aromatic rings. The van der Waals surface area contributed by atoms with Crippen molar-refractivity contribution in [1.82, 2.24) is 15.5 Å². The lowest BCUT2D eigenvalue weighted by Crippen LogP contribution is -2.46. The van der Waals surface area contributed by atoms with E-state index in [0.717, 1.165) is 50.9 Å². The van der Waals surface area contributed by atoms with Crippen molar-refractivity contribution in [2.45, 2.75) is 26.4 Å². The number of morpholine rings is 1. The molecule has 1 aromatic heterocycles. The number of hydrogen-bond donors (Lipinski definition) is 2. The molecule has 1 aliphatic heterocycles. The van der Waals surface area contributed by atoms with E-state index in [9.17, 15) is 10.1 Å². The molecule has 1 atom stereocenters. The van der Waals surface area contributed by atoms with Crippen LogP contribution in [0.3, 0.4) is 0 Å². The van der Waals surface area contributed by atoms with Crippen LogP contribution in [0, 0.1) is 16.0 Å². The highest BCUT2D eigenvalue weighted by Crippen LogP contribution is 2.25. The van der Waals surface area contributed by atoms with E-state index < -0.39 is 0 Å². The Morgan fingerprint density at radius 2 is 1.90 bits per heavy atom. The number of nitro benzene ring substituents is 1. The highest BCUT2D eigenvalue weighted by Gasteiger charge is 2.23. The Labute approximate surface area is 187 Å². The summed E-state index contributed by atoms with van der Waals surface area (Å²) in [6.45, 7) is 9.66. The number of benzene rings is 1. The molecule has 2 heterocycles. The quantitative estimate of drug-likeness (QED) is 0.266. The summed E-state index contributed by atoms with van der Waals surface area (Å²) in [5.41, 5.74) is 1.02. The van der Waals surface area contributed by atoms with Gasteiger partial charge in [-0.05, 0) is 22.9 Å². The number of nitrogens with one attached hydrogen (secondary N) is 2. The van der Waals surface area contributed by atoms with Gasteiger partial charge in [-0.1, -0.05) is 32.0 Å². The monoisotopic (exact) mass is 445 g/mol. The molecular weight excluding hydrogens is 414 g/mol. The molecule has 3 rings (SSSR count). The minimum absolute atomic E-state index is 0.0910. The zero-order chi connectivity index (χ0) is 22.1. The van der Waals surface area contributed by atoms with Gasteiger partial charge >= 0.3 is 0 Å². The molecule has 0 aliphatic carbocycles. The lowest BCUT2D eigenvalue weighted by atomic mass is 10.2. The van der Waals surface area contributed by atoms with Crippen molar-refractivity contribution in [3.8, 4) is 0 Å². The fourth-order valence-electron chi connectivity index (χ4n) is 3.34. The highest BCUT2D eigenvalue weighted by atomic mass is 32.1. The van der Waals surface area contributed by atoms with E-state index in [4.69, 9.17) is 9.73 Å². The van der Waals surface area contributed by atoms with Gasteiger partial charge in [0.2, 0.25) is 0 Å². The van der Waals surface area contributed by atoms with E-state index in [1.165, 1.54) is 17.0 Å². The SMILES string of the molecule is CC(C)CNC(=NCc1ccc([N+](=O)[O-])cc1)NCC(c1cccs1)N1CCOCC1. The fourth-order valence-corrected chi connectivity index (χ4v) is 4.20. The first kappa shape index (κ1) is 23.2. The summed E-state index contributed by atoms with van der Waals surface area (Å²) in [6, 6.07) is 11.1. The maximum absolute atomic E-state index is 10.9. The molecule has 168 valence electrons. The first-order valence-electron chi connectivity index (χ1n) is 10.6. The summed E-state index contributed by atoms with van der Waals surface area (Å²) >= 11 is 1.77. The Morgan fingerprint density at radius 3 is 2.52 bits per heavy atom. The number of ether oxygens (including phenoxy) is 1. The number of thiophene rings is 1. The van der Waals surface area contributed by atoms with E-state index in [2.05, 4.69) is 46.9 Å². The van der Waals surface area contributed by atoms with E-state index >= 15 is 0 Å². The van der Waals surface area contributed by atoms with Crippen LogP contribution in [0.4, 0.5) is 5.69 Å². The lowest BCUT2D eigenvalue weighted by molar-refractivity contribution is -0.384. The van der Waals surface area contributed by atoms with E-state index in [0.29, 0.717) is 12.5 Å². The summed E-state index contributed by atoms with van der Waals surface area (Å²) in [5, 5.41) is 19.9. The number of guanidine groups is 1. The van der Waals surface area contributed by atoms with Crippen molar-refractivity contribution in [2.75, 3.05) is 39.4 Å². The summed E-state index contributed by atoms with van der Waals surface area (Å²) in [6.07, 6.45) is 0. The minimum atomic E-state index is -0.388. The van der Waals surface area contributed by atoms with Gasteiger partial charge < -0.3 is 15.4 Å². The Morgan fingerprint density at radius 1 is 1.19 bits per heavy atom. The van der Waals surface area contributed by atoms with Crippen LogP contribution < -0.4 is 10.6 Å². The van der Waals surface area contributed by atoms with Crippen LogP contribution in [0.15, 0.2) is 46.8 Å². The van der Waals surface area contributed by atoms with Crippen LogP contribution >= 0.6 is 11.3 Å².